The Morgan fingerprint density at radius 3 is 2.08 bits per heavy atom. The molecule has 13 heavy (non-hydrogen) atoms. The summed E-state index contributed by atoms with van der Waals surface area (Å²) in [6, 6.07) is 0. The predicted molar refractivity (Wildman–Crippen MR) is 53.6 cm³/mol. The van der Waals surface area contributed by atoms with Gasteiger partial charge in [0.05, 0.1) is 20.1 Å². The molecule has 0 bridgehead atoms. The van der Waals surface area contributed by atoms with Crippen LogP contribution in [0.4, 0.5) is 0 Å². The predicted octanol–water partition coefficient (Wildman–Crippen LogP) is 1.18. The van der Waals surface area contributed by atoms with Crippen molar-refractivity contribution in [3.8, 4) is 0 Å². The molecular weight excluding hydrogens is 164 g/mol. The quantitative estimate of drug-likeness (QED) is 0.623. The number of hydrogen-bond donors (Lipinski definition) is 1. The average molecular weight is 187 g/mol. The van der Waals surface area contributed by atoms with Crippen LogP contribution in [0, 0.1) is 5.41 Å². The van der Waals surface area contributed by atoms with Gasteiger partial charge in [-0.15, -0.1) is 0 Å². The molecule has 3 heteroatoms. The van der Waals surface area contributed by atoms with Crippen LogP contribution >= 0.6 is 0 Å². The Bertz CT molecular complexity index is 162. The van der Waals surface area contributed by atoms with E-state index in [1.807, 2.05) is 7.05 Å². The molecule has 0 aromatic carbocycles. The minimum atomic E-state index is 0.195. The van der Waals surface area contributed by atoms with Crippen LogP contribution in [0.3, 0.4) is 0 Å². The van der Waals surface area contributed by atoms with E-state index in [0.29, 0.717) is 5.41 Å². The fraction of sp³-hybridized carbons (Fsp3) is 1.00. The van der Waals surface area contributed by atoms with E-state index in [1.54, 1.807) is 0 Å². The summed E-state index contributed by atoms with van der Waals surface area (Å²) in [6.45, 7) is 11.7. The van der Waals surface area contributed by atoms with Crippen molar-refractivity contribution in [3.63, 3.8) is 0 Å². The average Bonchev–Trinajstić information content (AvgIpc) is 1.91. The summed E-state index contributed by atoms with van der Waals surface area (Å²) < 4.78 is 0.195. The molecule has 78 valence electrons. The zero-order valence-electron chi connectivity index (χ0n) is 9.38. The normalized spacial score (nSPS) is 24.7. The number of rotatable bonds is 1. The van der Waals surface area contributed by atoms with Crippen molar-refractivity contribution in [2.75, 3.05) is 39.8 Å². The van der Waals surface area contributed by atoms with Crippen LogP contribution in [0.15, 0.2) is 0 Å². The van der Waals surface area contributed by atoms with Crippen LogP contribution in [0.2, 0.25) is 0 Å². The molecule has 3 nitrogen and oxygen atoms in total. The van der Waals surface area contributed by atoms with Gasteiger partial charge in [0, 0.05) is 6.54 Å². The molecule has 1 N–H and O–H groups in total. The molecule has 1 fully saturated rings. The van der Waals surface area contributed by atoms with Gasteiger partial charge in [-0.1, -0.05) is 20.8 Å². The minimum absolute atomic E-state index is 0.195. The van der Waals surface area contributed by atoms with Crippen LogP contribution in [-0.2, 0) is 0 Å². The van der Waals surface area contributed by atoms with Gasteiger partial charge in [-0.3, -0.25) is 4.90 Å². The van der Waals surface area contributed by atoms with E-state index in [1.165, 1.54) is 0 Å². The molecule has 0 radical (unpaired) electrons. The molecule has 0 unspecified atom stereocenters. The van der Waals surface area contributed by atoms with E-state index in [4.69, 9.17) is 0 Å². The molecule has 0 aromatic rings. The lowest BCUT2D eigenvalue weighted by Crippen LogP contribution is -2.56. The number of piperazine rings is 1. The number of quaternary nitrogens is 1. The van der Waals surface area contributed by atoms with Crippen molar-refractivity contribution in [1.82, 2.24) is 4.90 Å². The van der Waals surface area contributed by atoms with E-state index >= 15 is 0 Å². The lowest BCUT2D eigenvalue weighted by Gasteiger charge is -2.38. The number of hydrogen-bond acceptors (Lipinski definition) is 2. The van der Waals surface area contributed by atoms with Crippen LogP contribution in [0.5, 0.6) is 0 Å². The lowest BCUT2D eigenvalue weighted by molar-refractivity contribution is -1.09. The Morgan fingerprint density at radius 1 is 1.23 bits per heavy atom. The second-order valence-corrected chi connectivity index (χ2v) is 5.62. The van der Waals surface area contributed by atoms with Gasteiger partial charge in [0.25, 0.3) is 0 Å². The summed E-state index contributed by atoms with van der Waals surface area (Å²) in [7, 11) is 1.88. The molecule has 0 saturated carbocycles. The zero-order chi connectivity index (χ0) is 10.1. The molecule has 0 amide bonds. The van der Waals surface area contributed by atoms with E-state index in [9.17, 15) is 5.21 Å². The second-order valence-electron chi connectivity index (χ2n) is 5.62. The van der Waals surface area contributed by atoms with Crippen molar-refractivity contribution in [1.29, 1.82) is 0 Å². The summed E-state index contributed by atoms with van der Waals surface area (Å²) in [6.07, 6.45) is 0. The van der Waals surface area contributed by atoms with Crippen LogP contribution < -0.4 is 0 Å². The van der Waals surface area contributed by atoms with Gasteiger partial charge in [0.2, 0.25) is 0 Å². The van der Waals surface area contributed by atoms with Crippen molar-refractivity contribution in [2.45, 2.75) is 20.8 Å². The Hall–Kier alpha value is -0.120. The summed E-state index contributed by atoms with van der Waals surface area (Å²) in [4.78, 5) is 2.44. The maximum Gasteiger partial charge on any atom is 0.121 e. The maximum absolute atomic E-state index is 9.70. The van der Waals surface area contributed by atoms with Crippen LogP contribution in [0.25, 0.3) is 0 Å². The first-order valence-corrected chi connectivity index (χ1v) is 5.08. The Labute approximate surface area is 81.5 Å². The highest BCUT2D eigenvalue weighted by molar-refractivity contribution is 4.70. The van der Waals surface area contributed by atoms with Gasteiger partial charge in [0.1, 0.15) is 13.1 Å². The monoisotopic (exact) mass is 187 g/mol. The molecule has 0 aliphatic carbocycles. The van der Waals surface area contributed by atoms with Crippen LogP contribution in [-0.4, -0.2) is 54.5 Å². The molecule has 0 aromatic heterocycles. The standard InChI is InChI=1S/C10H23N2O/c1-10(2,3)9-11-5-7-12(4,13)8-6-11/h13H,5-9H2,1-4H3/q+1. The Morgan fingerprint density at radius 2 is 1.69 bits per heavy atom. The third-order valence-corrected chi connectivity index (χ3v) is 2.49. The highest BCUT2D eigenvalue weighted by atomic mass is 16.5. The zero-order valence-corrected chi connectivity index (χ0v) is 9.38. The van der Waals surface area contributed by atoms with Crippen molar-refractivity contribution < 1.29 is 9.85 Å². The number of likely N-dealkylation sites (N-methyl/N-ethyl adjacent to an activating group) is 1. The van der Waals surface area contributed by atoms with E-state index in [2.05, 4.69) is 25.7 Å². The van der Waals surface area contributed by atoms with Gasteiger partial charge in [-0.05, 0) is 5.41 Å². The van der Waals surface area contributed by atoms with Gasteiger partial charge >= 0.3 is 0 Å². The molecule has 0 atom stereocenters. The van der Waals surface area contributed by atoms with Crippen molar-refractivity contribution >= 4 is 0 Å². The van der Waals surface area contributed by atoms with Crippen molar-refractivity contribution in [3.05, 3.63) is 0 Å². The van der Waals surface area contributed by atoms with Crippen molar-refractivity contribution in [2.24, 2.45) is 5.41 Å². The summed E-state index contributed by atoms with van der Waals surface area (Å²) >= 11 is 0. The van der Waals surface area contributed by atoms with E-state index < -0.39 is 0 Å². The summed E-state index contributed by atoms with van der Waals surface area (Å²) in [5.41, 5.74) is 0.371. The third kappa shape index (κ3) is 4.07. The SMILES string of the molecule is CC(C)(C)CN1CC[N+](C)(O)CC1. The first kappa shape index (κ1) is 11.0. The topological polar surface area (TPSA) is 23.5 Å². The van der Waals surface area contributed by atoms with Gasteiger partial charge in [-0.2, -0.15) is 4.65 Å². The second kappa shape index (κ2) is 3.56. The Balaban J connectivity index is 2.34. The van der Waals surface area contributed by atoms with E-state index in [0.717, 1.165) is 32.7 Å². The fourth-order valence-corrected chi connectivity index (χ4v) is 1.77. The molecular formula is C10H23N2O+. The van der Waals surface area contributed by atoms with Gasteiger partial charge in [-0.25, -0.2) is 5.21 Å². The molecule has 1 saturated heterocycles. The highest BCUT2D eigenvalue weighted by Gasteiger charge is 2.28. The molecule has 1 aliphatic rings. The first-order chi connectivity index (χ1) is 5.79. The van der Waals surface area contributed by atoms with Crippen LogP contribution in [0.1, 0.15) is 20.8 Å². The molecule has 0 spiro atoms. The molecule has 1 heterocycles. The smallest absolute Gasteiger partial charge is 0.121 e. The lowest BCUT2D eigenvalue weighted by atomic mass is 9.96. The minimum Gasteiger partial charge on any atom is -0.292 e. The molecule has 1 aliphatic heterocycles. The Kier molecular flexibility index (Phi) is 3.00. The summed E-state index contributed by atoms with van der Waals surface area (Å²) in [5.74, 6) is 0. The number of nitrogens with zero attached hydrogens (tertiary/aromatic N) is 2. The highest BCUT2D eigenvalue weighted by Crippen LogP contribution is 2.17. The fourth-order valence-electron chi connectivity index (χ4n) is 1.77. The maximum atomic E-state index is 9.70. The number of hydroxylamine groups is 3. The van der Waals surface area contributed by atoms with Gasteiger partial charge < -0.3 is 0 Å². The first-order valence-electron chi connectivity index (χ1n) is 5.08. The van der Waals surface area contributed by atoms with E-state index in [-0.39, 0.29) is 4.65 Å². The van der Waals surface area contributed by atoms with Gasteiger partial charge in [0.15, 0.2) is 0 Å². The third-order valence-electron chi connectivity index (χ3n) is 2.49. The summed E-state index contributed by atoms with van der Waals surface area (Å²) in [5, 5.41) is 9.70. The largest absolute Gasteiger partial charge is 0.292 e. The molecule has 1 rings (SSSR count).